The number of nitrogens with zero attached hydrogens (tertiary/aromatic N) is 1. The minimum Gasteiger partial charge on any atom is -0.444 e. The first kappa shape index (κ1) is 16.2. The maximum absolute atomic E-state index is 11.8. The number of rotatable bonds is 4. The summed E-state index contributed by atoms with van der Waals surface area (Å²) in [6.45, 7) is 2.86. The maximum atomic E-state index is 11.8. The van der Waals surface area contributed by atoms with Gasteiger partial charge in [-0.25, -0.2) is 4.79 Å². The third-order valence-electron chi connectivity index (χ3n) is 3.04. The number of benzene rings is 2. The Morgan fingerprint density at radius 3 is 2.00 bits per heavy atom. The van der Waals surface area contributed by atoms with E-state index in [-0.39, 0.29) is 5.97 Å². The standard InChI is InChI=1S/C18H15NO4/c1-12(11-19)22-18(21)16-5-3-14(4-6-16)15-7-9-17(10-8-15)23-13(2)20/h3-10,12H,1-2H3/t12-/m0/s1. The van der Waals surface area contributed by atoms with Crippen molar-refractivity contribution in [2.75, 3.05) is 0 Å². The number of esters is 2. The average Bonchev–Trinajstić information content (AvgIpc) is 2.55. The molecule has 0 heterocycles. The van der Waals surface area contributed by atoms with E-state index in [9.17, 15) is 9.59 Å². The van der Waals surface area contributed by atoms with Gasteiger partial charge in [-0.2, -0.15) is 5.26 Å². The van der Waals surface area contributed by atoms with Crippen LogP contribution in [0.5, 0.6) is 5.75 Å². The lowest BCUT2D eigenvalue weighted by Crippen LogP contribution is -2.12. The van der Waals surface area contributed by atoms with Crippen LogP contribution in [0.3, 0.4) is 0 Å². The molecule has 2 rings (SSSR count). The van der Waals surface area contributed by atoms with Crippen molar-refractivity contribution in [3.05, 3.63) is 54.1 Å². The van der Waals surface area contributed by atoms with Crippen LogP contribution in [0.4, 0.5) is 0 Å². The summed E-state index contributed by atoms with van der Waals surface area (Å²) in [5.41, 5.74) is 2.21. The zero-order valence-electron chi connectivity index (χ0n) is 12.8. The first-order valence-electron chi connectivity index (χ1n) is 6.99. The van der Waals surface area contributed by atoms with E-state index >= 15 is 0 Å². The SMILES string of the molecule is CC(=O)Oc1ccc(-c2ccc(C(=O)O[C@@H](C)C#N)cc2)cc1. The molecule has 0 aromatic heterocycles. The van der Waals surface area contributed by atoms with E-state index in [1.165, 1.54) is 13.8 Å². The van der Waals surface area contributed by atoms with Gasteiger partial charge in [0, 0.05) is 6.92 Å². The molecule has 0 amide bonds. The van der Waals surface area contributed by atoms with Gasteiger partial charge < -0.3 is 9.47 Å². The molecule has 0 aliphatic heterocycles. The molecule has 0 bridgehead atoms. The molecule has 0 aliphatic rings. The summed E-state index contributed by atoms with van der Waals surface area (Å²) in [5.74, 6) is -0.421. The molecular weight excluding hydrogens is 294 g/mol. The van der Waals surface area contributed by atoms with Gasteiger partial charge in [0.25, 0.3) is 0 Å². The van der Waals surface area contributed by atoms with Crippen LogP contribution >= 0.6 is 0 Å². The molecule has 2 aromatic carbocycles. The zero-order chi connectivity index (χ0) is 16.8. The van der Waals surface area contributed by atoms with Crippen molar-refractivity contribution in [2.24, 2.45) is 0 Å². The van der Waals surface area contributed by atoms with Gasteiger partial charge in [-0.1, -0.05) is 24.3 Å². The third-order valence-corrected chi connectivity index (χ3v) is 3.04. The summed E-state index contributed by atoms with van der Waals surface area (Å²) in [6, 6.07) is 15.7. The highest BCUT2D eigenvalue weighted by atomic mass is 16.5. The molecule has 116 valence electrons. The smallest absolute Gasteiger partial charge is 0.339 e. The molecule has 0 spiro atoms. The second kappa shape index (κ2) is 7.23. The third kappa shape index (κ3) is 4.42. The lowest BCUT2D eigenvalue weighted by atomic mass is 10.0. The van der Waals surface area contributed by atoms with Gasteiger partial charge in [-0.15, -0.1) is 0 Å². The Bertz CT molecular complexity index is 742. The summed E-state index contributed by atoms with van der Waals surface area (Å²) in [4.78, 5) is 22.7. The highest BCUT2D eigenvalue weighted by molar-refractivity contribution is 5.90. The van der Waals surface area contributed by atoms with Crippen LogP contribution in [0.15, 0.2) is 48.5 Å². The Balaban J connectivity index is 2.12. The quantitative estimate of drug-likeness (QED) is 0.639. The van der Waals surface area contributed by atoms with Gasteiger partial charge in [0.15, 0.2) is 6.10 Å². The fourth-order valence-electron chi connectivity index (χ4n) is 1.94. The van der Waals surface area contributed by atoms with Gasteiger partial charge >= 0.3 is 11.9 Å². The number of carbonyl (C=O) groups excluding carboxylic acids is 2. The Morgan fingerprint density at radius 1 is 1.00 bits per heavy atom. The van der Waals surface area contributed by atoms with Gasteiger partial charge in [0.2, 0.25) is 0 Å². The maximum Gasteiger partial charge on any atom is 0.339 e. The average molecular weight is 309 g/mol. The summed E-state index contributed by atoms with van der Waals surface area (Å²) in [6.07, 6.45) is -0.781. The van der Waals surface area contributed by atoms with E-state index in [2.05, 4.69) is 0 Å². The van der Waals surface area contributed by atoms with Crippen molar-refractivity contribution in [3.8, 4) is 22.9 Å². The van der Waals surface area contributed by atoms with Crippen molar-refractivity contribution in [2.45, 2.75) is 20.0 Å². The van der Waals surface area contributed by atoms with Crippen molar-refractivity contribution < 1.29 is 19.1 Å². The predicted molar refractivity (Wildman–Crippen MR) is 83.7 cm³/mol. The zero-order valence-corrected chi connectivity index (χ0v) is 12.8. The number of hydrogen-bond donors (Lipinski definition) is 0. The molecule has 5 nitrogen and oxygen atoms in total. The Hall–Kier alpha value is -3.13. The second-order valence-corrected chi connectivity index (χ2v) is 4.87. The Labute approximate surface area is 134 Å². The minimum absolute atomic E-state index is 0.368. The van der Waals surface area contributed by atoms with Crippen LogP contribution in [-0.2, 0) is 9.53 Å². The first-order valence-corrected chi connectivity index (χ1v) is 6.99. The largest absolute Gasteiger partial charge is 0.444 e. The van der Waals surface area contributed by atoms with Crippen LogP contribution in [0.1, 0.15) is 24.2 Å². The first-order chi connectivity index (χ1) is 11.0. The van der Waals surface area contributed by atoms with Crippen molar-refractivity contribution in [1.82, 2.24) is 0 Å². The fourth-order valence-corrected chi connectivity index (χ4v) is 1.94. The molecule has 2 aromatic rings. The van der Waals surface area contributed by atoms with Gasteiger partial charge in [0.1, 0.15) is 11.8 Å². The van der Waals surface area contributed by atoms with Gasteiger partial charge in [-0.3, -0.25) is 4.79 Å². The molecule has 1 atom stereocenters. The highest BCUT2D eigenvalue weighted by Gasteiger charge is 2.11. The highest BCUT2D eigenvalue weighted by Crippen LogP contribution is 2.23. The van der Waals surface area contributed by atoms with Crippen LogP contribution in [-0.4, -0.2) is 18.0 Å². The van der Waals surface area contributed by atoms with E-state index in [1.54, 1.807) is 36.4 Å². The molecule has 0 N–H and O–H groups in total. The predicted octanol–water partition coefficient (Wildman–Crippen LogP) is 3.35. The van der Waals surface area contributed by atoms with E-state index in [4.69, 9.17) is 14.7 Å². The van der Waals surface area contributed by atoms with Crippen molar-refractivity contribution >= 4 is 11.9 Å². The van der Waals surface area contributed by atoms with Crippen LogP contribution in [0.25, 0.3) is 11.1 Å². The molecule has 0 aliphatic carbocycles. The topological polar surface area (TPSA) is 76.4 Å². The monoisotopic (exact) mass is 309 g/mol. The van der Waals surface area contributed by atoms with Crippen LogP contribution in [0, 0.1) is 11.3 Å². The number of nitriles is 1. The molecule has 0 saturated heterocycles. The Morgan fingerprint density at radius 2 is 1.52 bits per heavy atom. The normalized spacial score (nSPS) is 11.2. The molecule has 23 heavy (non-hydrogen) atoms. The number of hydrogen-bond acceptors (Lipinski definition) is 5. The van der Waals surface area contributed by atoms with E-state index < -0.39 is 12.1 Å². The lowest BCUT2D eigenvalue weighted by Gasteiger charge is -2.07. The van der Waals surface area contributed by atoms with Crippen molar-refractivity contribution in [3.63, 3.8) is 0 Å². The fraction of sp³-hybridized carbons (Fsp3) is 0.167. The van der Waals surface area contributed by atoms with Crippen LogP contribution < -0.4 is 4.74 Å². The lowest BCUT2D eigenvalue weighted by molar-refractivity contribution is -0.131. The molecule has 0 fully saturated rings. The molecule has 5 heteroatoms. The summed E-state index contributed by atoms with van der Waals surface area (Å²) in [7, 11) is 0. The molecule has 0 unspecified atom stereocenters. The second-order valence-electron chi connectivity index (χ2n) is 4.87. The van der Waals surface area contributed by atoms with Gasteiger partial charge in [-0.05, 0) is 42.3 Å². The molecule has 0 radical (unpaired) electrons. The summed E-state index contributed by atoms with van der Waals surface area (Å²) in [5, 5.41) is 8.64. The number of ether oxygens (including phenoxy) is 2. The van der Waals surface area contributed by atoms with E-state index in [0.717, 1.165) is 11.1 Å². The summed E-state index contributed by atoms with van der Waals surface area (Å²) >= 11 is 0. The summed E-state index contributed by atoms with van der Waals surface area (Å²) < 4.78 is 9.91. The number of carbonyl (C=O) groups is 2. The van der Waals surface area contributed by atoms with E-state index in [0.29, 0.717) is 11.3 Å². The minimum atomic E-state index is -0.781. The van der Waals surface area contributed by atoms with Crippen molar-refractivity contribution in [1.29, 1.82) is 5.26 Å². The Kier molecular flexibility index (Phi) is 5.11. The molecular formula is C18H15NO4. The molecule has 0 saturated carbocycles. The van der Waals surface area contributed by atoms with Crippen LogP contribution in [0.2, 0.25) is 0 Å². The van der Waals surface area contributed by atoms with Gasteiger partial charge in [0.05, 0.1) is 5.56 Å². The van der Waals surface area contributed by atoms with E-state index in [1.807, 2.05) is 18.2 Å².